The lowest BCUT2D eigenvalue weighted by molar-refractivity contribution is -0.143. The Hall–Kier alpha value is -1.84. The average Bonchev–Trinajstić information content (AvgIpc) is 2.55. The van der Waals surface area contributed by atoms with E-state index in [2.05, 4.69) is 0 Å². The van der Waals surface area contributed by atoms with E-state index < -0.39 is 0 Å². The highest BCUT2D eigenvalue weighted by atomic mass is 16.5. The zero-order valence-electron chi connectivity index (χ0n) is 16.1. The Kier molecular flexibility index (Phi) is 9.25. The third-order valence-electron chi connectivity index (χ3n) is 4.63. The van der Waals surface area contributed by atoms with Crippen molar-refractivity contribution in [3.8, 4) is 5.75 Å². The molecule has 0 aliphatic carbocycles. The lowest BCUT2D eigenvalue weighted by Crippen LogP contribution is -2.04. The van der Waals surface area contributed by atoms with E-state index in [1.807, 2.05) is 33.8 Å². The van der Waals surface area contributed by atoms with E-state index in [9.17, 15) is 14.7 Å². The Morgan fingerprint density at radius 2 is 1.48 bits per heavy atom. The van der Waals surface area contributed by atoms with Crippen LogP contribution in [0.25, 0.3) is 0 Å². The number of hydrogen-bond acceptors (Lipinski definition) is 4. The molecule has 0 spiro atoms. The number of ether oxygens (including phenoxy) is 1. The van der Waals surface area contributed by atoms with E-state index >= 15 is 0 Å². The molecule has 0 heterocycles. The lowest BCUT2D eigenvalue weighted by Gasteiger charge is -2.12. The Bertz CT molecular complexity index is 590. The third kappa shape index (κ3) is 6.89. The van der Waals surface area contributed by atoms with E-state index in [4.69, 9.17) is 4.74 Å². The molecule has 0 saturated heterocycles. The minimum absolute atomic E-state index is 0.0282. The van der Waals surface area contributed by atoms with Crippen LogP contribution in [0.4, 0.5) is 0 Å². The number of aryl methyl sites for hydroxylation is 2. The molecule has 0 aliphatic rings. The second-order valence-corrected chi connectivity index (χ2v) is 6.71. The normalized spacial score (nSPS) is 10.7. The van der Waals surface area contributed by atoms with Crippen molar-refractivity contribution in [2.75, 3.05) is 6.61 Å². The summed E-state index contributed by atoms with van der Waals surface area (Å²) >= 11 is 0. The molecule has 0 aliphatic heterocycles. The van der Waals surface area contributed by atoms with Gasteiger partial charge in [-0.2, -0.15) is 0 Å². The van der Waals surface area contributed by atoms with Gasteiger partial charge >= 0.3 is 5.97 Å². The number of carbonyl (C=O) groups excluding carboxylic acids is 2. The number of esters is 1. The van der Waals surface area contributed by atoms with Gasteiger partial charge < -0.3 is 9.84 Å². The molecule has 0 bridgehead atoms. The molecule has 0 radical (unpaired) electrons. The van der Waals surface area contributed by atoms with Crippen LogP contribution in [0.2, 0.25) is 0 Å². The topological polar surface area (TPSA) is 63.6 Å². The molecule has 0 saturated carbocycles. The molecule has 1 aromatic carbocycles. The van der Waals surface area contributed by atoms with Gasteiger partial charge in [0.15, 0.2) is 5.78 Å². The maximum absolute atomic E-state index is 12.4. The summed E-state index contributed by atoms with van der Waals surface area (Å²) < 4.78 is 4.89. The first-order chi connectivity index (χ1) is 11.9. The number of carbonyl (C=O) groups is 2. The Morgan fingerprint density at radius 1 is 0.920 bits per heavy atom. The molecule has 1 aromatic rings. The van der Waals surface area contributed by atoms with E-state index in [0.717, 1.165) is 55.2 Å². The van der Waals surface area contributed by atoms with E-state index in [0.29, 0.717) is 25.0 Å². The maximum Gasteiger partial charge on any atom is 0.305 e. The Labute approximate surface area is 151 Å². The predicted octanol–water partition coefficient (Wildman–Crippen LogP) is 5.18. The quantitative estimate of drug-likeness (QED) is 0.340. The van der Waals surface area contributed by atoms with Crippen molar-refractivity contribution in [3.05, 3.63) is 28.3 Å². The summed E-state index contributed by atoms with van der Waals surface area (Å²) in [5, 5.41) is 10.3. The van der Waals surface area contributed by atoms with Gasteiger partial charge in [-0.1, -0.05) is 31.7 Å². The maximum atomic E-state index is 12.4. The summed E-state index contributed by atoms with van der Waals surface area (Å²) in [7, 11) is 0. The first kappa shape index (κ1) is 21.2. The van der Waals surface area contributed by atoms with Gasteiger partial charge in [0.05, 0.1) is 12.2 Å². The molecular weight excluding hydrogens is 316 g/mol. The second-order valence-electron chi connectivity index (χ2n) is 6.71. The van der Waals surface area contributed by atoms with Gasteiger partial charge in [-0.05, 0) is 57.2 Å². The summed E-state index contributed by atoms with van der Waals surface area (Å²) in [6.45, 7) is 7.93. The van der Waals surface area contributed by atoms with E-state index in [1.54, 1.807) is 0 Å². The molecule has 0 fully saturated rings. The molecule has 25 heavy (non-hydrogen) atoms. The van der Waals surface area contributed by atoms with Crippen LogP contribution in [0, 0.1) is 20.8 Å². The van der Waals surface area contributed by atoms with E-state index in [-0.39, 0.29) is 17.5 Å². The fourth-order valence-electron chi connectivity index (χ4n) is 3.04. The highest BCUT2D eigenvalue weighted by Gasteiger charge is 2.17. The number of unbranched alkanes of at least 4 members (excludes halogenated alkanes) is 5. The zero-order chi connectivity index (χ0) is 18.8. The van der Waals surface area contributed by atoms with Crippen molar-refractivity contribution in [3.63, 3.8) is 0 Å². The van der Waals surface area contributed by atoms with Crippen molar-refractivity contribution in [1.29, 1.82) is 0 Å². The fourth-order valence-corrected chi connectivity index (χ4v) is 3.04. The molecule has 1 N–H and O–H groups in total. The summed E-state index contributed by atoms with van der Waals surface area (Å²) in [5.74, 6) is 0.0542. The van der Waals surface area contributed by atoms with Gasteiger partial charge in [-0.25, -0.2) is 0 Å². The van der Waals surface area contributed by atoms with Crippen LogP contribution < -0.4 is 0 Å². The average molecular weight is 348 g/mol. The Balaban J connectivity index is 2.26. The molecule has 1 rings (SSSR count). The minimum atomic E-state index is -0.114. The van der Waals surface area contributed by atoms with Gasteiger partial charge in [-0.15, -0.1) is 0 Å². The lowest BCUT2D eigenvalue weighted by atomic mass is 9.94. The van der Waals surface area contributed by atoms with Gasteiger partial charge in [0.25, 0.3) is 0 Å². The zero-order valence-corrected chi connectivity index (χ0v) is 16.1. The van der Waals surface area contributed by atoms with Crippen LogP contribution in [0.3, 0.4) is 0 Å². The first-order valence-electron chi connectivity index (χ1n) is 9.37. The molecular formula is C21H32O4. The molecule has 4 heteroatoms. The van der Waals surface area contributed by atoms with Gasteiger partial charge in [0.1, 0.15) is 5.75 Å². The van der Waals surface area contributed by atoms with Crippen LogP contribution in [-0.4, -0.2) is 23.5 Å². The van der Waals surface area contributed by atoms with Gasteiger partial charge in [0, 0.05) is 12.8 Å². The number of phenolic OH excluding ortho intramolecular Hbond substituents is 1. The minimum Gasteiger partial charge on any atom is -0.507 e. The van der Waals surface area contributed by atoms with Gasteiger partial charge in [-0.3, -0.25) is 9.59 Å². The fraction of sp³-hybridized carbons (Fsp3) is 0.619. The highest BCUT2D eigenvalue weighted by molar-refractivity contribution is 6.00. The monoisotopic (exact) mass is 348 g/mol. The van der Waals surface area contributed by atoms with Crippen molar-refractivity contribution in [2.24, 2.45) is 0 Å². The smallest absolute Gasteiger partial charge is 0.305 e. The number of ketones is 1. The predicted molar refractivity (Wildman–Crippen MR) is 100 cm³/mol. The van der Waals surface area contributed by atoms with Crippen molar-refractivity contribution >= 4 is 11.8 Å². The summed E-state index contributed by atoms with van der Waals surface area (Å²) in [5.41, 5.74) is 3.13. The summed E-state index contributed by atoms with van der Waals surface area (Å²) in [4.78, 5) is 23.6. The summed E-state index contributed by atoms with van der Waals surface area (Å²) in [6.07, 6.45) is 6.82. The SMILES string of the molecule is CCOC(=O)CCCCCCCCC(=O)c1c(C)cc(C)c(C)c1O. The molecule has 0 atom stereocenters. The van der Waals surface area contributed by atoms with Crippen LogP contribution in [0.1, 0.15) is 85.3 Å². The number of benzene rings is 1. The number of rotatable bonds is 11. The number of phenols is 1. The molecule has 0 aromatic heterocycles. The third-order valence-corrected chi connectivity index (χ3v) is 4.63. The molecule has 4 nitrogen and oxygen atoms in total. The van der Waals surface area contributed by atoms with Crippen molar-refractivity contribution in [2.45, 2.75) is 79.1 Å². The van der Waals surface area contributed by atoms with Crippen molar-refractivity contribution in [1.82, 2.24) is 0 Å². The van der Waals surface area contributed by atoms with Crippen LogP contribution in [0.5, 0.6) is 5.75 Å². The number of hydrogen-bond donors (Lipinski definition) is 1. The molecule has 0 unspecified atom stereocenters. The van der Waals surface area contributed by atoms with Crippen molar-refractivity contribution < 1.29 is 19.4 Å². The van der Waals surface area contributed by atoms with Crippen LogP contribution in [-0.2, 0) is 9.53 Å². The standard InChI is InChI=1S/C21H32O4/c1-5-25-19(23)13-11-9-7-6-8-10-12-18(22)20-16(3)14-15(2)17(4)21(20)24/h14,24H,5-13H2,1-4H3. The van der Waals surface area contributed by atoms with Crippen LogP contribution >= 0.6 is 0 Å². The molecule has 140 valence electrons. The number of aromatic hydroxyl groups is 1. The van der Waals surface area contributed by atoms with E-state index in [1.165, 1.54) is 0 Å². The van der Waals surface area contributed by atoms with Crippen LogP contribution in [0.15, 0.2) is 6.07 Å². The summed E-state index contributed by atoms with van der Waals surface area (Å²) in [6, 6.07) is 1.96. The van der Waals surface area contributed by atoms with Gasteiger partial charge in [0.2, 0.25) is 0 Å². The Morgan fingerprint density at radius 3 is 2.08 bits per heavy atom. The highest BCUT2D eigenvalue weighted by Crippen LogP contribution is 2.29. The second kappa shape index (κ2) is 10.9. The largest absolute Gasteiger partial charge is 0.507 e. The number of Topliss-reactive ketones (excluding diaryl/α,β-unsaturated/α-hetero) is 1. The molecule has 0 amide bonds. The first-order valence-corrected chi connectivity index (χ1v) is 9.37.